The quantitative estimate of drug-likeness (QED) is 0.915. The Balaban J connectivity index is 1.63. The van der Waals surface area contributed by atoms with Gasteiger partial charge in [-0.25, -0.2) is 0 Å². The average molecular weight is 279 g/mol. The molecule has 2 aromatic carbocycles. The smallest absolute Gasteiger partial charge is 0.119 e. The standard InChI is InChI=1S/C19H21NO/c1-15-3-2-4-16(13-15)14-21-19-7-5-17(6-8-19)18-9-11-20-12-10-18/h2-9,13,20H,10-12,14H2,1H3. The molecule has 1 heterocycles. The van der Waals surface area contributed by atoms with Crippen molar-refractivity contribution in [1.29, 1.82) is 0 Å². The highest BCUT2D eigenvalue weighted by Crippen LogP contribution is 2.22. The summed E-state index contributed by atoms with van der Waals surface area (Å²) in [6, 6.07) is 16.9. The van der Waals surface area contributed by atoms with Crippen LogP contribution in [-0.2, 0) is 6.61 Å². The molecule has 0 fully saturated rings. The number of hydrogen-bond donors (Lipinski definition) is 1. The summed E-state index contributed by atoms with van der Waals surface area (Å²) in [5.41, 5.74) is 5.21. The summed E-state index contributed by atoms with van der Waals surface area (Å²) < 4.78 is 5.86. The van der Waals surface area contributed by atoms with Gasteiger partial charge in [0.15, 0.2) is 0 Å². The van der Waals surface area contributed by atoms with Crippen molar-refractivity contribution in [3.8, 4) is 5.75 Å². The van der Waals surface area contributed by atoms with E-state index in [4.69, 9.17) is 4.74 Å². The molecule has 0 radical (unpaired) electrons. The third-order valence-corrected chi connectivity index (χ3v) is 3.78. The SMILES string of the molecule is Cc1cccc(COc2ccc(C3=CCNCC3)cc2)c1. The lowest BCUT2D eigenvalue weighted by molar-refractivity contribution is 0.306. The first-order valence-electron chi connectivity index (χ1n) is 7.50. The van der Waals surface area contributed by atoms with Crippen molar-refractivity contribution in [3.05, 3.63) is 71.3 Å². The Morgan fingerprint density at radius 1 is 1.10 bits per heavy atom. The van der Waals surface area contributed by atoms with E-state index < -0.39 is 0 Å². The van der Waals surface area contributed by atoms with Crippen LogP contribution in [0, 0.1) is 6.92 Å². The normalized spacial score (nSPS) is 14.6. The number of aryl methyl sites for hydroxylation is 1. The minimum Gasteiger partial charge on any atom is -0.489 e. The third-order valence-electron chi connectivity index (χ3n) is 3.78. The molecule has 0 saturated carbocycles. The summed E-state index contributed by atoms with van der Waals surface area (Å²) in [5.74, 6) is 0.926. The summed E-state index contributed by atoms with van der Waals surface area (Å²) >= 11 is 0. The second-order valence-corrected chi connectivity index (χ2v) is 5.49. The van der Waals surface area contributed by atoms with Gasteiger partial charge in [0, 0.05) is 6.54 Å². The van der Waals surface area contributed by atoms with Gasteiger partial charge in [-0.1, -0.05) is 48.0 Å². The van der Waals surface area contributed by atoms with Gasteiger partial charge in [0.2, 0.25) is 0 Å². The molecule has 1 aliphatic rings. The van der Waals surface area contributed by atoms with Gasteiger partial charge in [0.05, 0.1) is 0 Å². The highest BCUT2D eigenvalue weighted by molar-refractivity contribution is 5.67. The molecular weight excluding hydrogens is 258 g/mol. The lowest BCUT2D eigenvalue weighted by Gasteiger charge is -2.14. The van der Waals surface area contributed by atoms with Crippen LogP contribution < -0.4 is 10.1 Å². The van der Waals surface area contributed by atoms with Gasteiger partial charge >= 0.3 is 0 Å². The fourth-order valence-electron chi connectivity index (χ4n) is 2.62. The molecule has 108 valence electrons. The number of benzene rings is 2. The maximum atomic E-state index is 5.86. The first kappa shape index (κ1) is 13.9. The minimum atomic E-state index is 0.619. The molecule has 21 heavy (non-hydrogen) atoms. The van der Waals surface area contributed by atoms with Gasteiger partial charge in [-0.2, -0.15) is 0 Å². The van der Waals surface area contributed by atoms with Gasteiger partial charge in [-0.3, -0.25) is 0 Å². The molecule has 0 aliphatic carbocycles. The van der Waals surface area contributed by atoms with Crippen molar-refractivity contribution in [2.45, 2.75) is 20.0 Å². The largest absolute Gasteiger partial charge is 0.489 e. The molecule has 0 aromatic heterocycles. The van der Waals surface area contributed by atoms with Crippen molar-refractivity contribution in [3.63, 3.8) is 0 Å². The van der Waals surface area contributed by atoms with Crippen LogP contribution in [0.15, 0.2) is 54.6 Å². The zero-order chi connectivity index (χ0) is 14.5. The monoisotopic (exact) mass is 279 g/mol. The Kier molecular flexibility index (Phi) is 4.37. The van der Waals surface area contributed by atoms with Crippen molar-refractivity contribution in [1.82, 2.24) is 5.32 Å². The Bertz CT molecular complexity index is 628. The van der Waals surface area contributed by atoms with E-state index in [2.05, 4.69) is 66.8 Å². The lowest BCUT2D eigenvalue weighted by atomic mass is 10.0. The van der Waals surface area contributed by atoms with Crippen LogP contribution in [0.25, 0.3) is 5.57 Å². The van der Waals surface area contributed by atoms with E-state index in [0.29, 0.717) is 6.61 Å². The van der Waals surface area contributed by atoms with Gasteiger partial charge < -0.3 is 10.1 Å². The van der Waals surface area contributed by atoms with E-state index in [9.17, 15) is 0 Å². The van der Waals surface area contributed by atoms with E-state index in [1.54, 1.807) is 0 Å². The van der Waals surface area contributed by atoms with Gasteiger partial charge in [-0.05, 0) is 48.7 Å². The molecule has 2 aromatic rings. The average Bonchev–Trinajstić information content (AvgIpc) is 2.54. The Morgan fingerprint density at radius 3 is 2.67 bits per heavy atom. The third kappa shape index (κ3) is 3.73. The first-order valence-corrected chi connectivity index (χ1v) is 7.50. The second-order valence-electron chi connectivity index (χ2n) is 5.49. The minimum absolute atomic E-state index is 0.619. The number of ether oxygens (including phenoxy) is 1. The van der Waals surface area contributed by atoms with Crippen LogP contribution in [0.2, 0.25) is 0 Å². The molecule has 1 N–H and O–H groups in total. The van der Waals surface area contributed by atoms with Crippen molar-refractivity contribution in [2.24, 2.45) is 0 Å². The van der Waals surface area contributed by atoms with Crippen molar-refractivity contribution >= 4 is 5.57 Å². The Morgan fingerprint density at radius 2 is 1.95 bits per heavy atom. The molecule has 0 bridgehead atoms. The zero-order valence-corrected chi connectivity index (χ0v) is 12.4. The zero-order valence-electron chi connectivity index (χ0n) is 12.4. The van der Waals surface area contributed by atoms with Crippen molar-refractivity contribution in [2.75, 3.05) is 13.1 Å². The lowest BCUT2D eigenvalue weighted by Crippen LogP contribution is -2.19. The van der Waals surface area contributed by atoms with E-state index in [-0.39, 0.29) is 0 Å². The fraction of sp³-hybridized carbons (Fsp3) is 0.263. The first-order chi connectivity index (χ1) is 10.3. The molecule has 0 atom stereocenters. The molecule has 0 spiro atoms. The van der Waals surface area contributed by atoms with Crippen LogP contribution >= 0.6 is 0 Å². The van der Waals surface area contributed by atoms with Crippen LogP contribution in [0.3, 0.4) is 0 Å². The van der Waals surface area contributed by atoms with Crippen LogP contribution in [0.1, 0.15) is 23.1 Å². The molecule has 3 rings (SSSR count). The molecule has 0 amide bonds. The summed E-state index contributed by atoms with van der Waals surface area (Å²) in [6.45, 7) is 4.76. The number of hydrogen-bond acceptors (Lipinski definition) is 2. The molecule has 2 heteroatoms. The predicted molar refractivity (Wildman–Crippen MR) is 87.4 cm³/mol. The van der Waals surface area contributed by atoms with Gasteiger partial charge in [0.1, 0.15) is 12.4 Å². The molecule has 1 aliphatic heterocycles. The maximum absolute atomic E-state index is 5.86. The molecular formula is C19H21NO. The van der Waals surface area contributed by atoms with Gasteiger partial charge in [0.25, 0.3) is 0 Å². The second kappa shape index (κ2) is 6.59. The van der Waals surface area contributed by atoms with E-state index in [0.717, 1.165) is 25.3 Å². The fourth-order valence-corrected chi connectivity index (χ4v) is 2.62. The van der Waals surface area contributed by atoms with Gasteiger partial charge in [-0.15, -0.1) is 0 Å². The maximum Gasteiger partial charge on any atom is 0.119 e. The van der Waals surface area contributed by atoms with Crippen LogP contribution in [0.5, 0.6) is 5.75 Å². The summed E-state index contributed by atoms with van der Waals surface area (Å²) in [6.07, 6.45) is 3.37. The van der Waals surface area contributed by atoms with Crippen LogP contribution in [-0.4, -0.2) is 13.1 Å². The topological polar surface area (TPSA) is 21.3 Å². The van der Waals surface area contributed by atoms with E-state index in [1.165, 1.54) is 22.3 Å². The predicted octanol–water partition coefficient (Wildman–Crippen LogP) is 3.95. The van der Waals surface area contributed by atoms with Crippen molar-refractivity contribution < 1.29 is 4.74 Å². The molecule has 2 nitrogen and oxygen atoms in total. The Hall–Kier alpha value is -2.06. The summed E-state index contributed by atoms with van der Waals surface area (Å²) in [5, 5.41) is 3.34. The van der Waals surface area contributed by atoms with E-state index >= 15 is 0 Å². The summed E-state index contributed by atoms with van der Waals surface area (Å²) in [7, 11) is 0. The molecule has 0 saturated heterocycles. The van der Waals surface area contributed by atoms with E-state index in [1.807, 2.05) is 0 Å². The summed E-state index contributed by atoms with van der Waals surface area (Å²) in [4.78, 5) is 0. The Labute approximate surface area is 126 Å². The number of nitrogens with one attached hydrogen (secondary N) is 1. The molecule has 0 unspecified atom stereocenters. The van der Waals surface area contributed by atoms with Crippen LogP contribution in [0.4, 0.5) is 0 Å². The highest BCUT2D eigenvalue weighted by atomic mass is 16.5. The highest BCUT2D eigenvalue weighted by Gasteiger charge is 2.05. The number of rotatable bonds is 4.